The molecule has 19 heavy (non-hydrogen) atoms. The first-order valence-electron chi connectivity index (χ1n) is 6.17. The molecule has 3 rings (SSSR count). The topological polar surface area (TPSA) is 62.6 Å². The smallest absolute Gasteiger partial charge is 0.247 e. The predicted octanol–water partition coefficient (Wildman–Crippen LogP) is 1.99. The maximum Gasteiger partial charge on any atom is 0.247 e. The van der Waals surface area contributed by atoms with Crippen molar-refractivity contribution in [2.75, 3.05) is 18.7 Å². The number of amides is 1. The van der Waals surface area contributed by atoms with Crippen LogP contribution in [0.25, 0.3) is 0 Å². The summed E-state index contributed by atoms with van der Waals surface area (Å²) in [5, 5.41) is 9.10. The number of hydrogen-bond acceptors (Lipinski definition) is 4. The molecule has 0 bridgehead atoms. The molecule has 1 aromatic rings. The summed E-state index contributed by atoms with van der Waals surface area (Å²) in [6, 6.07) is 5.78. The van der Waals surface area contributed by atoms with Gasteiger partial charge in [-0.2, -0.15) is 5.26 Å². The number of ether oxygens (including phenoxy) is 2. The average Bonchev–Trinajstić information content (AvgIpc) is 3.09. The van der Waals surface area contributed by atoms with Crippen LogP contribution in [0.1, 0.15) is 18.4 Å². The Morgan fingerprint density at radius 3 is 2.58 bits per heavy atom. The van der Waals surface area contributed by atoms with Gasteiger partial charge in [0.1, 0.15) is 5.41 Å². The van der Waals surface area contributed by atoms with E-state index < -0.39 is 5.41 Å². The Kier molecular flexibility index (Phi) is 2.42. The van der Waals surface area contributed by atoms with Crippen LogP contribution in [0.3, 0.4) is 0 Å². The summed E-state index contributed by atoms with van der Waals surface area (Å²) < 4.78 is 10.6. The van der Waals surface area contributed by atoms with Gasteiger partial charge in [-0.1, -0.05) is 0 Å². The summed E-state index contributed by atoms with van der Waals surface area (Å²) in [5.41, 5.74) is 0.877. The van der Waals surface area contributed by atoms with Crippen molar-refractivity contribution in [3.63, 3.8) is 0 Å². The van der Waals surface area contributed by atoms with Crippen LogP contribution in [-0.2, 0) is 4.79 Å². The molecule has 0 atom stereocenters. The van der Waals surface area contributed by atoms with E-state index >= 15 is 0 Å². The van der Waals surface area contributed by atoms with Gasteiger partial charge in [0.05, 0.1) is 11.8 Å². The number of benzene rings is 1. The number of rotatable bonds is 2. The Morgan fingerprint density at radius 1 is 1.37 bits per heavy atom. The monoisotopic (exact) mass is 258 g/mol. The largest absolute Gasteiger partial charge is 0.454 e. The highest BCUT2D eigenvalue weighted by atomic mass is 16.7. The number of nitrogens with zero attached hydrogens (tertiary/aromatic N) is 2. The lowest BCUT2D eigenvalue weighted by Gasteiger charge is -2.22. The van der Waals surface area contributed by atoms with Gasteiger partial charge in [0.15, 0.2) is 11.5 Å². The minimum absolute atomic E-state index is 0.142. The molecule has 0 radical (unpaired) electrons. The SMILES string of the molecule is Cc1cc2c(cc1N(C)C(=O)C1(C#N)CC1)OCO2. The zero-order valence-corrected chi connectivity index (χ0v) is 10.9. The Hall–Kier alpha value is -2.22. The van der Waals surface area contributed by atoms with E-state index in [4.69, 9.17) is 14.7 Å². The molecule has 98 valence electrons. The Labute approximate surface area is 111 Å². The fourth-order valence-electron chi connectivity index (χ4n) is 2.32. The molecule has 2 aliphatic rings. The van der Waals surface area contributed by atoms with Crippen molar-refractivity contribution in [2.24, 2.45) is 5.41 Å². The van der Waals surface area contributed by atoms with Crippen LogP contribution in [0.5, 0.6) is 11.5 Å². The molecule has 0 unspecified atom stereocenters. The van der Waals surface area contributed by atoms with Crippen LogP contribution < -0.4 is 14.4 Å². The van der Waals surface area contributed by atoms with E-state index in [1.807, 2.05) is 13.0 Å². The number of nitriles is 1. The van der Waals surface area contributed by atoms with E-state index in [1.165, 1.54) is 0 Å². The first-order valence-corrected chi connectivity index (χ1v) is 6.17. The lowest BCUT2D eigenvalue weighted by atomic mass is 10.1. The Bertz CT molecular complexity index is 599. The number of hydrogen-bond donors (Lipinski definition) is 0. The van der Waals surface area contributed by atoms with Gasteiger partial charge in [0, 0.05) is 13.1 Å². The van der Waals surface area contributed by atoms with Crippen molar-refractivity contribution >= 4 is 11.6 Å². The van der Waals surface area contributed by atoms with Crippen molar-refractivity contribution in [3.8, 4) is 17.6 Å². The van der Waals surface area contributed by atoms with E-state index in [1.54, 1.807) is 18.0 Å². The van der Waals surface area contributed by atoms with E-state index in [9.17, 15) is 4.79 Å². The normalized spacial score (nSPS) is 17.7. The lowest BCUT2D eigenvalue weighted by Crippen LogP contribution is -2.33. The fourth-order valence-corrected chi connectivity index (χ4v) is 2.32. The molecule has 5 heteroatoms. The standard InChI is InChI=1S/C14H14N2O3/c1-9-5-11-12(19-8-18-11)6-10(9)16(2)13(17)14(7-15)3-4-14/h5-6H,3-4,8H2,1-2H3. The lowest BCUT2D eigenvalue weighted by molar-refractivity contribution is -0.121. The highest BCUT2D eigenvalue weighted by Gasteiger charge is 2.52. The molecule has 0 aromatic heterocycles. The molecule has 0 N–H and O–H groups in total. The number of aryl methyl sites for hydroxylation is 1. The zero-order valence-electron chi connectivity index (χ0n) is 10.9. The molecule has 1 amide bonds. The number of anilines is 1. The Balaban J connectivity index is 1.94. The Morgan fingerprint density at radius 2 is 2.00 bits per heavy atom. The highest BCUT2D eigenvalue weighted by molar-refractivity contribution is 6.01. The average molecular weight is 258 g/mol. The minimum Gasteiger partial charge on any atom is -0.454 e. The van der Waals surface area contributed by atoms with Crippen LogP contribution >= 0.6 is 0 Å². The van der Waals surface area contributed by atoms with Gasteiger partial charge >= 0.3 is 0 Å². The van der Waals surface area contributed by atoms with Crippen LogP contribution in [0, 0.1) is 23.7 Å². The molecule has 1 aromatic carbocycles. The molecule has 1 saturated carbocycles. The number of carbonyl (C=O) groups excluding carboxylic acids is 1. The number of fused-ring (bicyclic) bond motifs is 1. The van der Waals surface area contributed by atoms with Crippen molar-refractivity contribution in [1.82, 2.24) is 0 Å². The van der Waals surface area contributed by atoms with Crippen LogP contribution in [0.4, 0.5) is 5.69 Å². The van der Waals surface area contributed by atoms with Gasteiger partial charge in [-0.25, -0.2) is 0 Å². The van der Waals surface area contributed by atoms with Gasteiger partial charge in [-0.05, 0) is 31.4 Å². The molecular formula is C14H14N2O3. The quantitative estimate of drug-likeness (QED) is 0.813. The van der Waals surface area contributed by atoms with Gasteiger partial charge in [0.2, 0.25) is 12.7 Å². The van der Waals surface area contributed by atoms with Crippen LogP contribution in [-0.4, -0.2) is 19.7 Å². The highest BCUT2D eigenvalue weighted by Crippen LogP contribution is 2.47. The third kappa shape index (κ3) is 1.72. The molecule has 1 heterocycles. The third-order valence-electron chi connectivity index (χ3n) is 3.73. The summed E-state index contributed by atoms with van der Waals surface area (Å²) in [4.78, 5) is 13.9. The van der Waals surface area contributed by atoms with Crippen molar-refractivity contribution < 1.29 is 14.3 Å². The van der Waals surface area contributed by atoms with E-state index in [0.29, 0.717) is 24.3 Å². The predicted molar refractivity (Wildman–Crippen MR) is 68.0 cm³/mol. The summed E-state index contributed by atoms with van der Waals surface area (Å²) in [6.07, 6.45) is 1.30. The zero-order chi connectivity index (χ0) is 13.6. The van der Waals surface area contributed by atoms with E-state index in [2.05, 4.69) is 6.07 Å². The van der Waals surface area contributed by atoms with Gasteiger partial charge in [-0.15, -0.1) is 0 Å². The fraction of sp³-hybridized carbons (Fsp3) is 0.429. The molecular weight excluding hydrogens is 244 g/mol. The summed E-state index contributed by atoms with van der Waals surface area (Å²) in [5.74, 6) is 1.20. The molecule has 0 spiro atoms. The van der Waals surface area contributed by atoms with Gasteiger partial charge in [0.25, 0.3) is 0 Å². The van der Waals surface area contributed by atoms with Crippen molar-refractivity contribution in [3.05, 3.63) is 17.7 Å². The molecule has 0 saturated heterocycles. The molecule has 1 fully saturated rings. The summed E-state index contributed by atoms with van der Waals surface area (Å²) in [6.45, 7) is 2.12. The van der Waals surface area contributed by atoms with Gasteiger partial charge in [-0.3, -0.25) is 4.79 Å². The van der Waals surface area contributed by atoms with Crippen molar-refractivity contribution in [1.29, 1.82) is 5.26 Å². The first kappa shape index (κ1) is 11.8. The molecule has 1 aliphatic heterocycles. The molecule has 1 aliphatic carbocycles. The summed E-state index contributed by atoms with van der Waals surface area (Å²) in [7, 11) is 1.70. The maximum absolute atomic E-state index is 12.3. The van der Waals surface area contributed by atoms with Crippen molar-refractivity contribution in [2.45, 2.75) is 19.8 Å². The van der Waals surface area contributed by atoms with Crippen LogP contribution in [0.2, 0.25) is 0 Å². The maximum atomic E-state index is 12.3. The number of carbonyl (C=O) groups is 1. The molecule has 5 nitrogen and oxygen atoms in total. The third-order valence-corrected chi connectivity index (χ3v) is 3.73. The first-order chi connectivity index (χ1) is 9.07. The second-order valence-electron chi connectivity index (χ2n) is 5.05. The minimum atomic E-state index is -0.808. The van der Waals surface area contributed by atoms with Gasteiger partial charge < -0.3 is 14.4 Å². The summed E-state index contributed by atoms with van der Waals surface area (Å²) >= 11 is 0. The second-order valence-corrected chi connectivity index (χ2v) is 5.05. The van der Waals surface area contributed by atoms with E-state index in [0.717, 1.165) is 11.3 Å². The van der Waals surface area contributed by atoms with Crippen LogP contribution in [0.15, 0.2) is 12.1 Å². The van der Waals surface area contributed by atoms with E-state index in [-0.39, 0.29) is 12.7 Å². The second kappa shape index (κ2) is 3.89.